The summed E-state index contributed by atoms with van der Waals surface area (Å²) in [5.41, 5.74) is 5.75. The minimum absolute atomic E-state index is 0.0478. The molecule has 196 valence electrons. The maximum Gasteiger partial charge on any atom is 0.255 e. The Bertz CT molecular complexity index is 1860. The molecule has 0 aliphatic rings. The molecular formula is C33H27N5OS. The Hall–Kier alpha value is -4.75. The molecule has 0 radical (unpaired) electrons. The van der Waals surface area contributed by atoms with Crippen molar-refractivity contribution >= 4 is 51.7 Å². The van der Waals surface area contributed by atoms with Gasteiger partial charge in [0.25, 0.3) is 5.78 Å². The van der Waals surface area contributed by atoms with Gasteiger partial charge in [0, 0.05) is 28.8 Å². The Labute approximate surface area is 236 Å². The molecule has 2 aromatic heterocycles. The van der Waals surface area contributed by atoms with Crippen LogP contribution in [0.2, 0.25) is 0 Å². The fraction of sp³-hybridized carbons (Fsp3) is 0.0909. The molecule has 0 aliphatic carbocycles. The van der Waals surface area contributed by atoms with Crippen LogP contribution in [0.5, 0.6) is 0 Å². The minimum atomic E-state index is -0.0478. The van der Waals surface area contributed by atoms with E-state index in [0.29, 0.717) is 16.5 Å². The first-order chi connectivity index (χ1) is 19.5. The normalized spacial score (nSPS) is 11.4. The number of nitrogens with zero attached hydrogens (tertiary/aromatic N) is 4. The number of rotatable bonds is 8. The molecule has 0 spiro atoms. The van der Waals surface area contributed by atoms with Crippen LogP contribution in [0.15, 0.2) is 108 Å². The highest BCUT2D eigenvalue weighted by atomic mass is 32.2. The molecule has 0 aliphatic heterocycles. The molecule has 0 unspecified atom stereocenters. The van der Waals surface area contributed by atoms with Gasteiger partial charge in [-0.25, -0.2) is 4.98 Å². The van der Waals surface area contributed by atoms with Crippen molar-refractivity contribution in [2.75, 3.05) is 5.32 Å². The number of aryl methyl sites for hydroxylation is 2. The zero-order valence-corrected chi connectivity index (χ0v) is 23.0. The van der Waals surface area contributed by atoms with Gasteiger partial charge in [0.1, 0.15) is 5.82 Å². The summed E-state index contributed by atoms with van der Waals surface area (Å²) in [4.78, 5) is 22.0. The van der Waals surface area contributed by atoms with E-state index in [1.54, 1.807) is 22.4 Å². The lowest BCUT2D eigenvalue weighted by Crippen LogP contribution is -2.03. The Morgan fingerprint density at radius 3 is 2.45 bits per heavy atom. The number of carbonyl (C=O) groups excluding carboxylic acids is 1. The van der Waals surface area contributed by atoms with Crippen LogP contribution in [-0.2, 0) is 5.75 Å². The van der Waals surface area contributed by atoms with Crippen LogP contribution in [0.4, 0.5) is 11.5 Å². The number of carbonyl (C=O) groups is 1. The Kier molecular flexibility index (Phi) is 7.12. The van der Waals surface area contributed by atoms with E-state index in [4.69, 9.17) is 0 Å². The number of hydrogen-bond donors (Lipinski definition) is 1. The number of ketones is 1. The van der Waals surface area contributed by atoms with E-state index < -0.39 is 0 Å². The molecule has 0 bridgehead atoms. The van der Waals surface area contributed by atoms with E-state index in [0.717, 1.165) is 33.9 Å². The first kappa shape index (κ1) is 25.5. The van der Waals surface area contributed by atoms with Crippen molar-refractivity contribution in [2.24, 2.45) is 0 Å². The van der Waals surface area contributed by atoms with Crippen LogP contribution in [-0.4, -0.2) is 25.4 Å². The third kappa shape index (κ3) is 5.80. The van der Waals surface area contributed by atoms with E-state index >= 15 is 0 Å². The van der Waals surface area contributed by atoms with Gasteiger partial charge >= 0.3 is 0 Å². The molecule has 0 amide bonds. The number of anilines is 2. The minimum Gasteiger partial charge on any atom is -0.340 e. The molecule has 0 atom stereocenters. The lowest BCUT2D eigenvalue weighted by Gasteiger charge is -2.09. The molecule has 1 N–H and O–H groups in total. The van der Waals surface area contributed by atoms with Gasteiger partial charge in [-0.15, -0.1) is 5.10 Å². The van der Waals surface area contributed by atoms with Crippen LogP contribution < -0.4 is 5.32 Å². The fourth-order valence-corrected chi connectivity index (χ4v) is 5.17. The monoisotopic (exact) mass is 541 g/mol. The van der Waals surface area contributed by atoms with E-state index in [1.165, 1.54) is 16.5 Å². The second-order valence-electron chi connectivity index (χ2n) is 9.67. The molecule has 2 heterocycles. The van der Waals surface area contributed by atoms with Gasteiger partial charge in [-0.05, 0) is 72.2 Å². The highest BCUT2D eigenvalue weighted by molar-refractivity contribution is 7.98. The lowest BCUT2D eigenvalue weighted by molar-refractivity contribution is 0.104. The van der Waals surface area contributed by atoms with Gasteiger partial charge in [-0.3, -0.25) is 4.79 Å². The summed E-state index contributed by atoms with van der Waals surface area (Å²) >= 11 is 1.58. The zero-order valence-electron chi connectivity index (χ0n) is 22.2. The topological polar surface area (TPSA) is 72.2 Å². The van der Waals surface area contributed by atoms with Crippen LogP contribution in [0.3, 0.4) is 0 Å². The summed E-state index contributed by atoms with van der Waals surface area (Å²) in [5.74, 6) is 2.03. The van der Waals surface area contributed by atoms with Crippen molar-refractivity contribution in [3.05, 3.63) is 131 Å². The molecule has 0 saturated heterocycles. The average Bonchev–Trinajstić information content (AvgIpc) is 3.39. The molecule has 0 saturated carbocycles. The first-order valence-electron chi connectivity index (χ1n) is 13.0. The Balaban J connectivity index is 1.15. The smallest absolute Gasteiger partial charge is 0.255 e. The van der Waals surface area contributed by atoms with Crippen LogP contribution in [0, 0.1) is 13.8 Å². The van der Waals surface area contributed by atoms with Gasteiger partial charge < -0.3 is 5.32 Å². The summed E-state index contributed by atoms with van der Waals surface area (Å²) in [7, 11) is 0. The van der Waals surface area contributed by atoms with Gasteiger partial charge in [-0.1, -0.05) is 84.1 Å². The zero-order chi connectivity index (χ0) is 27.5. The van der Waals surface area contributed by atoms with E-state index in [1.807, 2.05) is 61.5 Å². The number of aromatic nitrogens is 4. The van der Waals surface area contributed by atoms with Crippen molar-refractivity contribution < 1.29 is 4.79 Å². The van der Waals surface area contributed by atoms with Gasteiger partial charge in [0.15, 0.2) is 5.78 Å². The molecule has 0 fully saturated rings. The molecule has 6 nitrogen and oxygen atoms in total. The number of fused-ring (bicyclic) bond motifs is 2. The predicted molar refractivity (Wildman–Crippen MR) is 163 cm³/mol. The number of allylic oxidation sites excluding steroid dienone is 1. The first-order valence-corrected chi connectivity index (χ1v) is 14.0. The van der Waals surface area contributed by atoms with E-state index in [-0.39, 0.29) is 5.78 Å². The predicted octanol–water partition coefficient (Wildman–Crippen LogP) is 7.83. The summed E-state index contributed by atoms with van der Waals surface area (Å²) in [6.07, 6.45) is 3.48. The molecule has 6 rings (SSSR count). The van der Waals surface area contributed by atoms with Gasteiger partial charge in [0.05, 0.1) is 0 Å². The lowest BCUT2D eigenvalue weighted by atomic mass is 10.1. The summed E-state index contributed by atoms with van der Waals surface area (Å²) in [6.45, 7) is 4.02. The number of hydrogen-bond acceptors (Lipinski definition) is 6. The number of nitrogens with one attached hydrogen (secondary N) is 1. The van der Waals surface area contributed by atoms with E-state index in [2.05, 4.69) is 75.8 Å². The van der Waals surface area contributed by atoms with Crippen molar-refractivity contribution in [1.82, 2.24) is 19.6 Å². The van der Waals surface area contributed by atoms with Crippen molar-refractivity contribution in [1.29, 1.82) is 0 Å². The second kappa shape index (κ2) is 11.2. The fourth-order valence-electron chi connectivity index (χ4n) is 4.40. The standard InChI is InChI=1S/C33H27N5OS/c1-22-7-9-25(10-8-22)21-40-33-36-32-34-23(2)19-31(38(32)37-33)35-29-16-14-27(15-17-29)30(39)18-12-24-11-13-26-5-3-4-6-28(26)20-24/h3-20,35H,21H2,1-2H3/b18-12+. The van der Waals surface area contributed by atoms with Gasteiger partial charge in [0.2, 0.25) is 5.16 Å². The Morgan fingerprint density at radius 1 is 0.875 bits per heavy atom. The molecule has 4 aromatic carbocycles. The summed E-state index contributed by atoms with van der Waals surface area (Å²) in [5, 5.41) is 11.1. The van der Waals surface area contributed by atoms with Crippen LogP contribution in [0.25, 0.3) is 22.6 Å². The largest absolute Gasteiger partial charge is 0.340 e. The Morgan fingerprint density at radius 2 is 1.65 bits per heavy atom. The number of thioether (sulfide) groups is 1. The maximum absolute atomic E-state index is 12.8. The highest BCUT2D eigenvalue weighted by Crippen LogP contribution is 2.24. The van der Waals surface area contributed by atoms with E-state index in [9.17, 15) is 4.79 Å². The highest BCUT2D eigenvalue weighted by Gasteiger charge is 2.12. The van der Waals surface area contributed by atoms with Crippen molar-refractivity contribution in [3.8, 4) is 0 Å². The maximum atomic E-state index is 12.8. The number of benzene rings is 4. The van der Waals surface area contributed by atoms with Crippen molar-refractivity contribution in [2.45, 2.75) is 24.8 Å². The quantitative estimate of drug-likeness (QED) is 0.120. The molecule has 6 aromatic rings. The van der Waals surface area contributed by atoms with Crippen LogP contribution >= 0.6 is 11.8 Å². The summed E-state index contributed by atoms with van der Waals surface area (Å²) < 4.78 is 1.72. The second-order valence-corrected chi connectivity index (χ2v) is 10.6. The molecule has 40 heavy (non-hydrogen) atoms. The average molecular weight is 542 g/mol. The molecular weight excluding hydrogens is 514 g/mol. The SMILES string of the molecule is Cc1ccc(CSc2nc3nc(C)cc(Nc4ccc(C(=O)/C=C/c5ccc6ccccc6c5)cc4)n3n2)cc1. The third-order valence-electron chi connectivity index (χ3n) is 6.55. The molecule has 7 heteroatoms. The summed E-state index contributed by atoms with van der Waals surface area (Å²) in [6, 6.07) is 32.2. The van der Waals surface area contributed by atoms with Gasteiger partial charge in [-0.2, -0.15) is 9.50 Å². The van der Waals surface area contributed by atoms with Crippen LogP contribution in [0.1, 0.15) is 32.7 Å². The third-order valence-corrected chi connectivity index (χ3v) is 7.46. The van der Waals surface area contributed by atoms with Crippen molar-refractivity contribution in [3.63, 3.8) is 0 Å².